The van der Waals surface area contributed by atoms with Gasteiger partial charge in [0.15, 0.2) is 0 Å². The summed E-state index contributed by atoms with van der Waals surface area (Å²) in [5.41, 5.74) is 14.5. The number of rotatable bonds is 4. The maximum Gasteiger partial charge on any atom is 2.00 e. The maximum atomic E-state index is 4.67. The fourth-order valence-electron chi connectivity index (χ4n) is 3.93. The summed E-state index contributed by atoms with van der Waals surface area (Å²) in [6, 6.07) is 39.0. The summed E-state index contributed by atoms with van der Waals surface area (Å²) in [6.07, 6.45) is 3.76. The van der Waals surface area contributed by atoms with Gasteiger partial charge in [0.2, 0.25) is 0 Å². The summed E-state index contributed by atoms with van der Waals surface area (Å²) in [5.74, 6) is 0. The van der Waals surface area contributed by atoms with Crippen molar-refractivity contribution < 1.29 is 16.5 Å². The van der Waals surface area contributed by atoms with Crippen molar-refractivity contribution in [2.45, 2.75) is 0 Å². The summed E-state index contributed by atoms with van der Waals surface area (Å²) in [4.78, 5) is 0. The van der Waals surface area contributed by atoms with Gasteiger partial charge in [-0.25, -0.2) is 0 Å². The zero-order valence-electron chi connectivity index (χ0n) is 23.3. The first-order valence-electron chi connectivity index (χ1n) is 13.0. The Hall–Kier alpha value is -4.31. The van der Waals surface area contributed by atoms with Crippen LogP contribution in [0.3, 0.4) is 0 Å². The van der Waals surface area contributed by atoms with Crippen LogP contribution in [0.25, 0.3) is 10.9 Å². The van der Waals surface area contributed by atoms with E-state index in [0.29, 0.717) is 33.2 Å². The molecule has 0 N–H and O–H groups in total. The normalized spacial score (nSPS) is 21.3. The van der Waals surface area contributed by atoms with Gasteiger partial charge in [0, 0.05) is 32.6 Å². The SMILES string of the molecule is CS/C1=N/N=C(c2ccccc2)\C(c2ccccc2)=N/[N-]\C(SC)=N/N=C(c2ccccc2)\C(c2ccccc2)=N/[N-]1.[Ni+2]. The van der Waals surface area contributed by atoms with E-state index in [-0.39, 0.29) is 16.5 Å². The zero-order chi connectivity index (χ0) is 29.0. The molecule has 11 heteroatoms. The molecule has 4 aromatic rings. The van der Waals surface area contributed by atoms with Crippen LogP contribution in [0.4, 0.5) is 0 Å². The third-order valence-corrected chi connectivity index (χ3v) is 7.00. The van der Waals surface area contributed by atoms with Crippen molar-refractivity contribution in [3.8, 4) is 0 Å². The molecular weight excluding hydrogens is 619 g/mol. The molecule has 4 aromatic carbocycles. The van der Waals surface area contributed by atoms with Gasteiger partial charge in [-0.1, -0.05) is 121 Å². The van der Waals surface area contributed by atoms with Gasteiger partial charge in [-0.15, -0.1) is 23.5 Å². The summed E-state index contributed by atoms with van der Waals surface area (Å²) < 4.78 is 0. The predicted molar refractivity (Wildman–Crippen MR) is 181 cm³/mol. The Balaban J connectivity index is 0.00000423. The van der Waals surface area contributed by atoms with E-state index < -0.39 is 0 Å². The molecule has 8 nitrogen and oxygen atoms in total. The Morgan fingerprint density at radius 3 is 0.953 bits per heavy atom. The van der Waals surface area contributed by atoms with Crippen molar-refractivity contribution in [3.05, 3.63) is 154 Å². The van der Waals surface area contributed by atoms with Gasteiger partial charge in [-0.3, -0.25) is 20.4 Å². The molecule has 216 valence electrons. The van der Waals surface area contributed by atoms with Crippen molar-refractivity contribution in [1.29, 1.82) is 0 Å². The minimum Gasteiger partial charge on any atom is -0.345 e. The van der Waals surface area contributed by atoms with Crippen LogP contribution in [-0.4, -0.2) is 45.7 Å². The van der Waals surface area contributed by atoms with Crippen LogP contribution in [0, 0.1) is 0 Å². The quantitative estimate of drug-likeness (QED) is 0.212. The first kappa shape index (κ1) is 31.6. The Morgan fingerprint density at radius 2 is 0.674 bits per heavy atom. The monoisotopic (exact) mass is 644 g/mol. The molecule has 0 spiro atoms. The van der Waals surface area contributed by atoms with E-state index in [1.54, 1.807) is 0 Å². The molecule has 0 radical (unpaired) electrons. The summed E-state index contributed by atoms with van der Waals surface area (Å²) in [7, 11) is 0. The molecule has 5 rings (SSSR count). The minimum atomic E-state index is 0. The zero-order valence-corrected chi connectivity index (χ0v) is 25.9. The Bertz CT molecular complexity index is 1540. The smallest absolute Gasteiger partial charge is 0.345 e. The van der Waals surface area contributed by atoms with Crippen LogP contribution in [0.2, 0.25) is 0 Å². The molecular formula is C32H26N8NiS2. The topological polar surface area (TPSA) is 102 Å². The molecule has 0 unspecified atom stereocenters. The second kappa shape index (κ2) is 16.4. The number of nitrogens with zero attached hydrogens (tertiary/aromatic N) is 8. The molecule has 0 bridgehead atoms. The van der Waals surface area contributed by atoms with Crippen LogP contribution in [0.1, 0.15) is 22.3 Å². The molecule has 43 heavy (non-hydrogen) atoms. The molecule has 0 saturated carbocycles. The fourth-order valence-corrected chi connectivity index (χ4v) is 4.42. The molecule has 0 saturated heterocycles. The second-order valence-corrected chi connectivity index (χ2v) is 10.2. The largest absolute Gasteiger partial charge is 2.00 e. The van der Waals surface area contributed by atoms with Gasteiger partial charge in [0.25, 0.3) is 0 Å². The second-order valence-electron chi connectivity index (χ2n) is 8.63. The first-order valence-corrected chi connectivity index (χ1v) is 15.4. The molecule has 1 aliphatic rings. The van der Waals surface area contributed by atoms with Crippen LogP contribution >= 0.6 is 23.5 Å². The van der Waals surface area contributed by atoms with E-state index in [1.165, 1.54) is 23.5 Å². The van der Waals surface area contributed by atoms with Gasteiger partial charge in [-0.2, -0.15) is 0 Å². The van der Waals surface area contributed by atoms with Crippen LogP contribution in [-0.2, 0) is 16.5 Å². The van der Waals surface area contributed by atoms with Crippen molar-refractivity contribution in [1.82, 2.24) is 0 Å². The first-order chi connectivity index (χ1) is 20.8. The summed E-state index contributed by atoms with van der Waals surface area (Å²) in [6.45, 7) is 0. The average molecular weight is 645 g/mol. The van der Waals surface area contributed by atoms with Gasteiger partial charge >= 0.3 is 16.5 Å². The number of hydrogen-bond donors (Lipinski definition) is 0. The standard InChI is InChI=1S/C32H26N8S2.Ni/c1-41-31-37-33-27(23-15-7-3-8-16-23)29(25-19-11-5-12-20-25)35-39-32(42-2)40-36-30(26-21-13-6-14-22-26)28(34-38-31)24-17-9-4-10-18-24;/h3-22H,1-2H3;/q-2;+2/b33-27-,34-28-,35-29-,36-30-;. The maximum absolute atomic E-state index is 4.67. The number of thioether (sulfide) groups is 2. The van der Waals surface area contributed by atoms with Crippen LogP contribution in [0.15, 0.2) is 152 Å². The molecule has 0 aromatic heterocycles. The molecule has 0 aliphatic carbocycles. The third-order valence-electron chi connectivity index (χ3n) is 5.94. The van der Waals surface area contributed by atoms with Gasteiger partial charge < -0.3 is 21.1 Å². The minimum absolute atomic E-state index is 0. The number of benzene rings is 4. The van der Waals surface area contributed by atoms with E-state index in [4.69, 9.17) is 0 Å². The van der Waals surface area contributed by atoms with Gasteiger partial charge in [0.05, 0.1) is 22.8 Å². The molecule has 0 amide bonds. The molecule has 1 aliphatic heterocycles. The van der Waals surface area contributed by atoms with Crippen molar-refractivity contribution >= 4 is 56.7 Å². The summed E-state index contributed by atoms with van der Waals surface area (Å²) in [5, 5.41) is 28.5. The van der Waals surface area contributed by atoms with Crippen LogP contribution < -0.4 is 0 Å². The van der Waals surface area contributed by atoms with Gasteiger partial charge in [0.1, 0.15) is 0 Å². The van der Waals surface area contributed by atoms with E-state index >= 15 is 0 Å². The Kier molecular flexibility index (Phi) is 12.0. The number of amidine groups is 2. The van der Waals surface area contributed by atoms with E-state index in [9.17, 15) is 0 Å². The Labute approximate surface area is 269 Å². The predicted octanol–water partition coefficient (Wildman–Crippen LogP) is 7.80. The number of hydrogen-bond acceptors (Lipinski definition) is 8. The van der Waals surface area contributed by atoms with Crippen molar-refractivity contribution in [3.63, 3.8) is 0 Å². The van der Waals surface area contributed by atoms with Gasteiger partial charge in [-0.05, 0) is 12.5 Å². The van der Waals surface area contributed by atoms with E-state index in [2.05, 4.69) is 41.5 Å². The third kappa shape index (κ3) is 8.38. The van der Waals surface area contributed by atoms with E-state index in [0.717, 1.165) is 22.3 Å². The van der Waals surface area contributed by atoms with Crippen LogP contribution in [0.5, 0.6) is 0 Å². The summed E-state index contributed by atoms with van der Waals surface area (Å²) >= 11 is 2.67. The molecule has 0 atom stereocenters. The molecule has 1 heterocycles. The molecule has 0 fully saturated rings. The average Bonchev–Trinajstić information content (AvgIpc) is 3.06. The van der Waals surface area contributed by atoms with Crippen molar-refractivity contribution in [2.75, 3.05) is 12.5 Å². The van der Waals surface area contributed by atoms with E-state index in [1.807, 2.05) is 134 Å². The fraction of sp³-hybridized carbons (Fsp3) is 0.0625. The Morgan fingerprint density at radius 1 is 0.395 bits per heavy atom. The van der Waals surface area contributed by atoms with Crippen molar-refractivity contribution in [2.24, 2.45) is 30.6 Å².